The summed E-state index contributed by atoms with van der Waals surface area (Å²) in [7, 11) is 3.01. The van der Waals surface area contributed by atoms with E-state index in [1.807, 2.05) is 0 Å². The van der Waals surface area contributed by atoms with Crippen LogP contribution in [0.3, 0.4) is 0 Å². The first kappa shape index (κ1) is 23.3. The Morgan fingerprint density at radius 3 is 2.31 bits per heavy atom. The molecule has 29 heavy (non-hydrogen) atoms. The van der Waals surface area contributed by atoms with Gasteiger partial charge in [0.15, 0.2) is 16.6 Å². The third kappa shape index (κ3) is 6.50. The van der Waals surface area contributed by atoms with Crippen LogP contribution in [0.4, 0.5) is 10.1 Å². The molecular formula is C18H17Cl3FN3O3S. The van der Waals surface area contributed by atoms with Gasteiger partial charge in [-0.15, -0.1) is 0 Å². The molecule has 0 heterocycles. The average molecular weight is 481 g/mol. The molecule has 6 nitrogen and oxygen atoms in total. The fraction of sp³-hybridized carbons (Fsp3) is 0.222. The molecule has 2 aromatic rings. The highest BCUT2D eigenvalue weighted by molar-refractivity contribution is 7.80. The highest BCUT2D eigenvalue weighted by Crippen LogP contribution is 2.31. The van der Waals surface area contributed by atoms with Gasteiger partial charge >= 0.3 is 0 Å². The lowest BCUT2D eigenvalue weighted by Crippen LogP contribution is -2.56. The Morgan fingerprint density at radius 1 is 1.07 bits per heavy atom. The number of benzene rings is 2. The molecule has 0 radical (unpaired) electrons. The fourth-order valence-corrected chi connectivity index (χ4v) is 2.83. The Kier molecular flexibility index (Phi) is 8.15. The topological polar surface area (TPSA) is 71.6 Å². The Morgan fingerprint density at radius 2 is 1.72 bits per heavy atom. The first-order chi connectivity index (χ1) is 13.7. The maximum atomic E-state index is 13.8. The van der Waals surface area contributed by atoms with Crippen LogP contribution < -0.4 is 25.4 Å². The van der Waals surface area contributed by atoms with Crippen LogP contribution in [0, 0.1) is 5.82 Å². The number of hydrogen-bond donors (Lipinski definition) is 3. The number of rotatable bonds is 6. The van der Waals surface area contributed by atoms with E-state index in [0.717, 1.165) is 6.07 Å². The van der Waals surface area contributed by atoms with Crippen LogP contribution in [-0.4, -0.2) is 35.2 Å². The van der Waals surface area contributed by atoms with Crippen LogP contribution in [0.2, 0.25) is 0 Å². The predicted molar refractivity (Wildman–Crippen MR) is 117 cm³/mol. The van der Waals surface area contributed by atoms with Crippen LogP contribution in [-0.2, 0) is 0 Å². The Hall–Kier alpha value is -2.00. The van der Waals surface area contributed by atoms with E-state index in [0.29, 0.717) is 17.2 Å². The van der Waals surface area contributed by atoms with Crippen molar-refractivity contribution in [2.75, 3.05) is 19.5 Å². The van der Waals surface area contributed by atoms with Crippen LogP contribution in [0.15, 0.2) is 42.5 Å². The predicted octanol–water partition coefficient (Wildman–Crippen LogP) is 4.26. The van der Waals surface area contributed by atoms with E-state index in [9.17, 15) is 9.18 Å². The second-order valence-corrected chi connectivity index (χ2v) is 8.37. The molecule has 0 aliphatic heterocycles. The maximum absolute atomic E-state index is 13.8. The number of nitrogens with one attached hydrogen (secondary N) is 3. The van der Waals surface area contributed by atoms with Gasteiger partial charge in [-0.05, 0) is 36.5 Å². The number of ether oxygens (including phenoxy) is 2. The van der Waals surface area contributed by atoms with Gasteiger partial charge in [-0.2, -0.15) is 0 Å². The molecule has 2 rings (SSSR count). The second kappa shape index (κ2) is 10.2. The van der Waals surface area contributed by atoms with Gasteiger partial charge in [-0.25, -0.2) is 4.39 Å². The largest absolute Gasteiger partial charge is 0.493 e. The number of halogens is 4. The molecule has 0 aliphatic rings. The van der Waals surface area contributed by atoms with Gasteiger partial charge in [0.2, 0.25) is 3.79 Å². The highest BCUT2D eigenvalue weighted by Gasteiger charge is 2.35. The summed E-state index contributed by atoms with van der Waals surface area (Å²) in [5.41, 5.74) is 0.357. The van der Waals surface area contributed by atoms with Gasteiger partial charge < -0.3 is 25.4 Å². The fourth-order valence-electron chi connectivity index (χ4n) is 2.27. The zero-order chi connectivity index (χ0) is 21.6. The Labute approximate surface area is 187 Å². The lowest BCUT2D eigenvalue weighted by atomic mass is 10.2. The number of carbonyl (C=O) groups is 1. The molecule has 0 aromatic heterocycles. The van der Waals surface area contributed by atoms with Crippen LogP contribution in [0.1, 0.15) is 10.4 Å². The third-order valence-electron chi connectivity index (χ3n) is 3.64. The monoisotopic (exact) mass is 479 g/mol. The molecular weight excluding hydrogens is 464 g/mol. The maximum Gasteiger partial charge on any atom is 0.255 e. The van der Waals surface area contributed by atoms with E-state index in [-0.39, 0.29) is 10.7 Å². The van der Waals surface area contributed by atoms with Crippen molar-refractivity contribution in [1.29, 1.82) is 0 Å². The van der Waals surface area contributed by atoms with Crippen LogP contribution in [0.5, 0.6) is 11.5 Å². The number of anilines is 1. The summed E-state index contributed by atoms with van der Waals surface area (Å²) in [6, 6.07) is 10.4. The molecule has 1 atom stereocenters. The van der Waals surface area contributed by atoms with E-state index < -0.39 is 21.7 Å². The number of hydrogen-bond acceptors (Lipinski definition) is 4. The van der Waals surface area contributed by atoms with E-state index in [1.165, 1.54) is 32.4 Å². The molecule has 0 saturated carbocycles. The molecule has 2 aromatic carbocycles. The second-order valence-electron chi connectivity index (χ2n) is 5.60. The van der Waals surface area contributed by atoms with E-state index in [4.69, 9.17) is 56.5 Å². The number of methoxy groups -OCH3 is 2. The first-order valence-corrected chi connectivity index (χ1v) is 9.61. The molecule has 0 saturated heterocycles. The molecule has 0 bridgehead atoms. The SMILES string of the molecule is COc1ccc(NC(=S)NC(NC(=O)c2ccccc2F)C(Cl)(Cl)Cl)cc1OC. The van der Waals surface area contributed by atoms with Gasteiger partial charge in [0, 0.05) is 11.8 Å². The van der Waals surface area contributed by atoms with Crippen LogP contribution >= 0.6 is 47.0 Å². The number of thiocarbonyl (C=S) groups is 1. The van der Waals surface area contributed by atoms with Crippen molar-refractivity contribution in [3.05, 3.63) is 53.8 Å². The summed E-state index contributed by atoms with van der Waals surface area (Å²) < 4.78 is 22.2. The van der Waals surface area contributed by atoms with Crippen molar-refractivity contribution >= 4 is 63.7 Å². The molecule has 11 heteroatoms. The summed E-state index contributed by atoms with van der Waals surface area (Å²) >= 11 is 23.0. The first-order valence-electron chi connectivity index (χ1n) is 8.07. The minimum absolute atomic E-state index is 0.0439. The number of carbonyl (C=O) groups excluding carboxylic acids is 1. The van der Waals surface area contributed by atoms with Crippen molar-refractivity contribution < 1.29 is 18.7 Å². The lowest BCUT2D eigenvalue weighted by molar-refractivity contribution is 0.0930. The minimum Gasteiger partial charge on any atom is -0.493 e. The zero-order valence-electron chi connectivity index (χ0n) is 15.3. The minimum atomic E-state index is -1.98. The molecule has 0 aliphatic carbocycles. The van der Waals surface area contributed by atoms with Crippen molar-refractivity contribution in [2.45, 2.75) is 9.96 Å². The normalized spacial score (nSPS) is 11.9. The van der Waals surface area contributed by atoms with Gasteiger partial charge in [-0.1, -0.05) is 46.9 Å². The molecule has 0 fully saturated rings. The molecule has 1 unspecified atom stereocenters. The summed E-state index contributed by atoms with van der Waals surface area (Å²) in [4.78, 5) is 12.4. The molecule has 0 spiro atoms. The summed E-state index contributed by atoms with van der Waals surface area (Å²) in [5, 5.41) is 8.03. The molecule has 156 valence electrons. The lowest BCUT2D eigenvalue weighted by Gasteiger charge is -2.28. The highest BCUT2D eigenvalue weighted by atomic mass is 35.6. The zero-order valence-corrected chi connectivity index (χ0v) is 18.3. The number of amides is 1. The molecule has 1 amide bonds. The average Bonchev–Trinajstić information content (AvgIpc) is 2.66. The standard InChI is InChI=1S/C18H17Cl3FN3O3S/c1-27-13-8-7-10(9-14(13)28-2)23-17(29)25-16(18(19,20)21)24-15(26)11-5-3-4-6-12(11)22/h3-9,16H,1-2H3,(H,24,26)(H2,23,25,29). The van der Waals surface area contributed by atoms with Gasteiger partial charge in [0.25, 0.3) is 5.91 Å². The summed E-state index contributed by atoms with van der Waals surface area (Å²) in [6.07, 6.45) is -1.25. The van der Waals surface area contributed by atoms with Crippen molar-refractivity contribution in [2.24, 2.45) is 0 Å². The number of alkyl halides is 3. The van der Waals surface area contributed by atoms with E-state index >= 15 is 0 Å². The quantitative estimate of drug-likeness (QED) is 0.326. The summed E-state index contributed by atoms with van der Waals surface area (Å²) in [6.45, 7) is 0. The van der Waals surface area contributed by atoms with E-state index in [2.05, 4.69) is 16.0 Å². The van der Waals surface area contributed by atoms with Gasteiger partial charge in [0.05, 0.1) is 19.8 Å². The van der Waals surface area contributed by atoms with Crippen molar-refractivity contribution in [3.8, 4) is 11.5 Å². The third-order valence-corrected chi connectivity index (χ3v) is 4.51. The Bertz CT molecular complexity index is 896. The Balaban J connectivity index is 2.11. The van der Waals surface area contributed by atoms with Crippen molar-refractivity contribution in [3.63, 3.8) is 0 Å². The van der Waals surface area contributed by atoms with Crippen LogP contribution in [0.25, 0.3) is 0 Å². The molecule has 3 N–H and O–H groups in total. The van der Waals surface area contributed by atoms with Crippen molar-refractivity contribution in [1.82, 2.24) is 10.6 Å². The van der Waals surface area contributed by atoms with Gasteiger partial charge in [-0.3, -0.25) is 4.79 Å². The summed E-state index contributed by atoms with van der Waals surface area (Å²) in [5.74, 6) is -0.473. The van der Waals surface area contributed by atoms with Gasteiger partial charge in [0.1, 0.15) is 12.0 Å². The van der Waals surface area contributed by atoms with E-state index in [1.54, 1.807) is 18.2 Å². The smallest absolute Gasteiger partial charge is 0.255 e.